The molecule has 1 fully saturated rings. The van der Waals surface area contributed by atoms with E-state index in [0.29, 0.717) is 17.1 Å². The van der Waals surface area contributed by atoms with E-state index in [1.807, 2.05) is 20.1 Å². The molecular weight excluding hydrogens is 288 g/mol. The van der Waals surface area contributed by atoms with Gasteiger partial charge in [-0.3, -0.25) is 4.79 Å². The molecule has 0 bridgehead atoms. The fourth-order valence-electron chi connectivity index (χ4n) is 2.95. The average Bonchev–Trinajstić information content (AvgIpc) is 2.44. The van der Waals surface area contributed by atoms with Crippen LogP contribution in [0.25, 0.3) is 0 Å². The lowest BCUT2D eigenvalue weighted by Gasteiger charge is -2.44. The number of aromatic nitrogens is 1. The van der Waals surface area contributed by atoms with Crippen LogP contribution in [0.4, 0.5) is 0 Å². The van der Waals surface area contributed by atoms with E-state index in [-0.39, 0.29) is 5.91 Å². The molecule has 1 aromatic rings. The number of amides is 1. The second kappa shape index (κ2) is 6.05. The summed E-state index contributed by atoms with van der Waals surface area (Å²) in [7, 11) is 0. The van der Waals surface area contributed by atoms with Gasteiger partial charge in [-0.15, -0.1) is 11.8 Å². The molecule has 5 nitrogen and oxygen atoms in total. The Morgan fingerprint density at radius 2 is 2.19 bits per heavy atom. The number of hydrogen-bond acceptors (Lipinski definition) is 4. The van der Waals surface area contributed by atoms with Gasteiger partial charge in [0.15, 0.2) is 0 Å². The summed E-state index contributed by atoms with van der Waals surface area (Å²) in [5.74, 6) is -1.18. The Labute approximate surface area is 128 Å². The van der Waals surface area contributed by atoms with Crippen molar-refractivity contribution in [3.63, 3.8) is 0 Å². The molecule has 2 heterocycles. The number of likely N-dealkylation sites (tertiary alicyclic amines) is 1. The molecule has 1 amide bonds. The summed E-state index contributed by atoms with van der Waals surface area (Å²) >= 11 is 1.39. The van der Waals surface area contributed by atoms with Gasteiger partial charge >= 0.3 is 5.97 Å². The maximum atomic E-state index is 12.8. The molecule has 1 aliphatic heterocycles. The number of aliphatic carboxylic acids is 1. The van der Waals surface area contributed by atoms with E-state index in [1.165, 1.54) is 16.7 Å². The number of carbonyl (C=O) groups excluding carboxylic acids is 1. The normalized spacial score (nSPS) is 21.1. The number of carboxylic acids is 1. The quantitative estimate of drug-likeness (QED) is 0.869. The van der Waals surface area contributed by atoms with Crippen LogP contribution in [-0.4, -0.2) is 45.7 Å². The van der Waals surface area contributed by atoms with Crippen LogP contribution in [0.1, 0.15) is 37.0 Å². The van der Waals surface area contributed by atoms with Gasteiger partial charge in [-0.25, -0.2) is 9.78 Å². The van der Waals surface area contributed by atoms with Crippen molar-refractivity contribution in [1.29, 1.82) is 0 Å². The summed E-state index contributed by atoms with van der Waals surface area (Å²) in [6, 6.07) is 2.62. The van der Waals surface area contributed by atoms with Crippen molar-refractivity contribution in [2.45, 2.75) is 37.8 Å². The number of piperidine rings is 1. The van der Waals surface area contributed by atoms with E-state index in [0.717, 1.165) is 12.8 Å². The van der Waals surface area contributed by atoms with Gasteiger partial charge in [-0.1, -0.05) is 13.8 Å². The Morgan fingerprint density at radius 1 is 1.48 bits per heavy atom. The zero-order valence-electron chi connectivity index (χ0n) is 12.5. The van der Waals surface area contributed by atoms with Crippen molar-refractivity contribution in [2.75, 3.05) is 12.8 Å². The fourth-order valence-corrected chi connectivity index (χ4v) is 3.49. The number of pyridine rings is 1. The molecule has 2 rings (SSSR count). The van der Waals surface area contributed by atoms with Gasteiger partial charge in [0.2, 0.25) is 0 Å². The van der Waals surface area contributed by atoms with Crippen LogP contribution >= 0.6 is 11.8 Å². The molecule has 0 aliphatic carbocycles. The Bertz CT molecular complexity index is 560. The van der Waals surface area contributed by atoms with E-state index in [9.17, 15) is 14.7 Å². The van der Waals surface area contributed by atoms with Gasteiger partial charge in [-0.2, -0.15) is 0 Å². The number of carbonyl (C=O) groups is 2. The third-order valence-corrected chi connectivity index (χ3v) is 4.67. The lowest BCUT2D eigenvalue weighted by molar-refractivity contribution is -0.148. The minimum Gasteiger partial charge on any atom is -0.480 e. The van der Waals surface area contributed by atoms with Crippen molar-refractivity contribution in [1.82, 2.24) is 9.88 Å². The SMILES string of the molecule is CSc1ncccc1C(=O)N1CCCC(C)(C)C1C(=O)O. The third kappa shape index (κ3) is 3.05. The largest absolute Gasteiger partial charge is 0.480 e. The number of hydrogen-bond donors (Lipinski definition) is 1. The first-order chi connectivity index (χ1) is 9.88. The maximum absolute atomic E-state index is 12.8. The first-order valence-electron chi connectivity index (χ1n) is 6.91. The molecule has 21 heavy (non-hydrogen) atoms. The smallest absolute Gasteiger partial charge is 0.326 e. The van der Waals surface area contributed by atoms with Crippen LogP contribution in [0.3, 0.4) is 0 Å². The summed E-state index contributed by atoms with van der Waals surface area (Å²) in [6.45, 7) is 4.29. The highest BCUT2D eigenvalue weighted by molar-refractivity contribution is 7.98. The minimum absolute atomic E-state index is 0.243. The van der Waals surface area contributed by atoms with Crippen LogP contribution in [0.2, 0.25) is 0 Å². The molecule has 1 atom stereocenters. The molecule has 0 spiro atoms. The topological polar surface area (TPSA) is 70.5 Å². The average molecular weight is 308 g/mol. The third-order valence-electron chi connectivity index (χ3n) is 3.96. The van der Waals surface area contributed by atoms with Crippen molar-refractivity contribution < 1.29 is 14.7 Å². The standard InChI is InChI=1S/C15H20N2O3S/c1-15(2)7-5-9-17(11(15)14(19)20)13(18)10-6-4-8-16-12(10)21-3/h4,6,8,11H,5,7,9H2,1-3H3,(H,19,20). The molecule has 0 radical (unpaired) electrons. The zero-order valence-corrected chi connectivity index (χ0v) is 13.3. The Kier molecular flexibility index (Phi) is 4.56. The van der Waals surface area contributed by atoms with Crippen LogP contribution in [-0.2, 0) is 4.79 Å². The summed E-state index contributed by atoms with van der Waals surface area (Å²) in [6.07, 6.45) is 5.11. The molecule has 6 heteroatoms. The molecule has 114 valence electrons. The Morgan fingerprint density at radius 3 is 2.81 bits per heavy atom. The molecule has 1 unspecified atom stereocenters. The second-order valence-electron chi connectivity index (χ2n) is 5.89. The van der Waals surface area contributed by atoms with Crippen LogP contribution in [0.5, 0.6) is 0 Å². The molecule has 0 saturated carbocycles. The van der Waals surface area contributed by atoms with Gasteiger partial charge < -0.3 is 10.0 Å². The van der Waals surface area contributed by atoms with E-state index in [1.54, 1.807) is 18.3 Å². The fraction of sp³-hybridized carbons (Fsp3) is 0.533. The summed E-state index contributed by atoms with van der Waals surface area (Å²) in [5.41, 5.74) is 0.0514. The number of nitrogens with zero attached hydrogens (tertiary/aromatic N) is 2. The van der Waals surface area contributed by atoms with Gasteiger partial charge in [0, 0.05) is 12.7 Å². The van der Waals surface area contributed by atoms with Crippen molar-refractivity contribution in [3.05, 3.63) is 23.9 Å². The van der Waals surface area contributed by atoms with Crippen molar-refractivity contribution in [3.8, 4) is 0 Å². The zero-order chi connectivity index (χ0) is 15.6. The second-order valence-corrected chi connectivity index (χ2v) is 6.69. The Balaban J connectivity index is 2.38. The predicted molar refractivity (Wildman–Crippen MR) is 81.5 cm³/mol. The van der Waals surface area contributed by atoms with E-state index in [4.69, 9.17) is 0 Å². The summed E-state index contributed by atoms with van der Waals surface area (Å²) in [4.78, 5) is 30.1. The minimum atomic E-state index is -0.942. The molecule has 1 saturated heterocycles. The summed E-state index contributed by atoms with van der Waals surface area (Å²) < 4.78 is 0. The number of rotatable bonds is 3. The molecule has 0 aromatic carbocycles. The highest BCUT2D eigenvalue weighted by Crippen LogP contribution is 2.36. The van der Waals surface area contributed by atoms with Crippen LogP contribution in [0, 0.1) is 5.41 Å². The first kappa shape index (κ1) is 15.8. The highest BCUT2D eigenvalue weighted by atomic mass is 32.2. The number of carboxylic acid groups (broad SMARTS) is 1. The summed E-state index contributed by atoms with van der Waals surface area (Å²) in [5, 5.41) is 10.2. The highest BCUT2D eigenvalue weighted by Gasteiger charge is 2.44. The van der Waals surface area contributed by atoms with Crippen molar-refractivity contribution in [2.24, 2.45) is 5.41 Å². The van der Waals surface area contributed by atoms with Gasteiger partial charge in [0.25, 0.3) is 5.91 Å². The van der Waals surface area contributed by atoms with Gasteiger partial charge in [0.1, 0.15) is 11.1 Å². The first-order valence-corrected chi connectivity index (χ1v) is 8.14. The Hall–Kier alpha value is -1.56. The van der Waals surface area contributed by atoms with E-state index < -0.39 is 17.4 Å². The lowest BCUT2D eigenvalue weighted by Crippen LogP contribution is -2.56. The van der Waals surface area contributed by atoms with Crippen LogP contribution < -0.4 is 0 Å². The monoisotopic (exact) mass is 308 g/mol. The molecule has 1 aromatic heterocycles. The molecule has 1 aliphatic rings. The molecular formula is C15H20N2O3S. The maximum Gasteiger partial charge on any atom is 0.326 e. The number of thioether (sulfide) groups is 1. The van der Waals surface area contributed by atoms with Gasteiger partial charge in [-0.05, 0) is 36.6 Å². The van der Waals surface area contributed by atoms with E-state index >= 15 is 0 Å². The van der Waals surface area contributed by atoms with Crippen molar-refractivity contribution >= 4 is 23.6 Å². The lowest BCUT2D eigenvalue weighted by atomic mass is 9.76. The molecule has 1 N–H and O–H groups in total. The van der Waals surface area contributed by atoms with E-state index in [2.05, 4.69) is 4.98 Å². The van der Waals surface area contributed by atoms with Crippen LogP contribution in [0.15, 0.2) is 23.4 Å². The predicted octanol–water partition coefficient (Wildman–Crippen LogP) is 2.52. The van der Waals surface area contributed by atoms with Gasteiger partial charge in [0.05, 0.1) is 5.56 Å².